The number of carbonyl (C=O) groups excluding carboxylic acids is 1. The fraction of sp³-hybridized carbons (Fsp3) is 0.833. The van der Waals surface area contributed by atoms with E-state index in [-0.39, 0.29) is 18.7 Å². The molecule has 4 nitrogen and oxygen atoms in total. The number of amides is 1. The highest BCUT2D eigenvalue weighted by atomic mass is 16.4. The van der Waals surface area contributed by atoms with Gasteiger partial charge in [-0.05, 0) is 25.7 Å². The summed E-state index contributed by atoms with van der Waals surface area (Å²) < 4.78 is 0. The molecule has 0 radical (unpaired) electrons. The molecule has 1 unspecified atom stereocenters. The molecule has 1 aliphatic heterocycles. The molecule has 1 amide bonds. The molecule has 0 bridgehead atoms. The van der Waals surface area contributed by atoms with E-state index in [0.717, 1.165) is 32.2 Å². The fourth-order valence-electron chi connectivity index (χ4n) is 2.32. The Morgan fingerprint density at radius 3 is 2.69 bits per heavy atom. The Labute approximate surface area is 96.6 Å². The van der Waals surface area contributed by atoms with Crippen LogP contribution in [0.2, 0.25) is 0 Å². The molecule has 16 heavy (non-hydrogen) atoms. The van der Waals surface area contributed by atoms with Crippen LogP contribution in [0, 0.1) is 0 Å². The van der Waals surface area contributed by atoms with Gasteiger partial charge in [0.25, 0.3) is 0 Å². The number of likely N-dealkylation sites (tertiary alicyclic amines) is 1. The minimum absolute atomic E-state index is 0.0144. The summed E-state index contributed by atoms with van der Waals surface area (Å²) in [5, 5.41) is 8.56. The summed E-state index contributed by atoms with van der Waals surface area (Å²) in [6.45, 7) is 2.93. The van der Waals surface area contributed by atoms with Gasteiger partial charge in [-0.1, -0.05) is 13.3 Å². The molecule has 1 heterocycles. The highest BCUT2D eigenvalue weighted by molar-refractivity contribution is 5.81. The van der Waals surface area contributed by atoms with E-state index >= 15 is 0 Å². The molecule has 92 valence electrons. The standard InChI is InChI=1S/C12H21NO3/c1-2-5-10-6-3-4-9-13(10)11(14)7-8-12(15)16/h10H,2-9H2,1H3,(H,15,16). The van der Waals surface area contributed by atoms with Crippen LogP contribution in [0.1, 0.15) is 51.9 Å². The Morgan fingerprint density at radius 1 is 1.31 bits per heavy atom. The minimum atomic E-state index is -0.891. The van der Waals surface area contributed by atoms with Gasteiger partial charge >= 0.3 is 5.97 Å². The zero-order valence-electron chi connectivity index (χ0n) is 9.95. The van der Waals surface area contributed by atoms with Crippen LogP contribution >= 0.6 is 0 Å². The highest BCUT2D eigenvalue weighted by Gasteiger charge is 2.25. The van der Waals surface area contributed by atoms with E-state index < -0.39 is 5.97 Å². The molecular weight excluding hydrogens is 206 g/mol. The number of piperidine rings is 1. The number of rotatable bonds is 5. The number of aliphatic carboxylic acids is 1. The number of carboxylic acids is 1. The van der Waals surface area contributed by atoms with Gasteiger partial charge < -0.3 is 10.0 Å². The van der Waals surface area contributed by atoms with Crippen LogP contribution in [0.15, 0.2) is 0 Å². The molecule has 0 aromatic rings. The first-order valence-electron chi connectivity index (χ1n) is 6.16. The van der Waals surface area contributed by atoms with Gasteiger partial charge in [0, 0.05) is 19.0 Å². The molecule has 0 spiro atoms. The van der Waals surface area contributed by atoms with E-state index in [9.17, 15) is 9.59 Å². The molecule has 1 atom stereocenters. The SMILES string of the molecule is CCCC1CCCCN1C(=O)CCC(=O)O. The van der Waals surface area contributed by atoms with Gasteiger partial charge in [-0.2, -0.15) is 0 Å². The molecule has 0 aromatic carbocycles. The minimum Gasteiger partial charge on any atom is -0.481 e. The number of hydrogen-bond donors (Lipinski definition) is 1. The Kier molecular flexibility index (Phi) is 5.29. The summed E-state index contributed by atoms with van der Waals surface area (Å²) in [7, 11) is 0. The maximum atomic E-state index is 11.9. The summed E-state index contributed by atoms with van der Waals surface area (Å²) in [6, 6.07) is 0.347. The lowest BCUT2D eigenvalue weighted by molar-refractivity contribution is -0.142. The van der Waals surface area contributed by atoms with E-state index in [2.05, 4.69) is 6.92 Å². The zero-order valence-corrected chi connectivity index (χ0v) is 9.95. The van der Waals surface area contributed by atoms with Gasteiger partial charge in [0.05, 0.1) is 6.42 Å². The zero-order chi connectivity index (χ0) is 12.0. The van der Waals surface area contributed by atoms with Gasteiger partial charge in [0.15, 0.2) is 0 Å². The Hall–Kier alpha value is -1.06. The number of carboxylic acid groups (broad SMARTS) is 1. The summed E-state index contributed by atoms with van der Waals surface area (Å²) in [4.78, 5) is 24.2. The second-order valence-corrected chi connectivity index (χ2v) is 4.42. The molecule has 0 aliphatic carbocycles. The third-order valence-corrected chi connectivity index (χ3v) is 3.12. The van der Waals surface area contributed by atoms with Crippen molar-refractivity contribution in [3.05, 3.63) is 0 Å². The molecule has 1 rings (SSSR count). The summed E-state index contributed by atoms with van der Waals surface area (Å²) in [5.41, 5.74) is 0. The molecule has 1 N–H and O–H groups in total. The average Bonchev–Trinajstić information content (AvgIpc) is 2.27. The number of hydrogen-bond acceptors (Lipinski definition) is 2. The van der Waals surface area contributed by atoms with Crippen LogP contribution in [0.5, 0.6) is 0 Å². The third kappa shape index (κ3) is 3.83. The van der Waals surface area contributed by atoms with Crippen molar-refractivity contribution in [2.24, 2.45) is 0 Å². The summed E-state index contributed by atoms with van der Waals surface area (Å²) in [6.07, 6.45) is 5.54. The number of carbonyl (C=O) groups is 2. The Balaban J connectivity index is 2.46. The lowest BCUT2D eigenvalue weighted by Crippen LogP contribution is -2.43. The summed E-state index contributed by atoms with van der Waals surface area (Å²) in [5.74, 6) is -0.877. The van der Waals surface area contributed by atoms with Crippen LogP contribution in [-0.2, 0) is 9.59 Å². The van der Waals surface area contributed by atoms with Crippen molar-refractivity contribution in [1.82, 2.24) is 4.90 Å². The highest BCUT2D eigenvalue weighted by Crippen LogP contribution is 2.21. The van der Waals surface area contributed by atoms with E-state index in [1.165, 1.54) is 6.42 Å². The first-order chi connectivity index (χ1) is 7.65. The third-order valence-electron chi connectivity index (χ3n) is 3.12. The van der Waals surface area contributed by atoms with Gasteiger partial charge in [-0.25, -0.2) is 0 Å². The van der Waals surface area contributed by atoms with Crippen molar-refractivity contribution in [2.75, 3.05) is 6.54 Å². The maximum Gasteiger partial charge on any atom is 0.303 e. The van der Waals surface area contributed by atoms with E-state index in [0.29, 0.717) is 6.04 Å². The van der Waals surface area contributed by atoms with Gasteiger partial charge in [0.2, 0.25) is 5.91 Å². The van der Waals surface area contributed by atoms with Crippen LogP contribution < -0.4 is 0 Å². The van der Waals surface area contributed by atoms with Crippen LogP contribution in [0.3, 0.4) is 0 Å². The van der Waals surface area contributed by atoms with Crippen molar-refractivity contribution in [3.63, 3.8) is 0 Å². The normalized spacial score (nSPS) is 20.8. The first kappa shape index (κ1) is 13.0. The van der Waals surface area contributed by atoms with Gasteiger partial charge in [-0.3, -0.25) is 9.59 Å². The Bertz CT molecular complexity index is 251. The molecular formula is C12H21NO3. The molecule has 0 aromatic heterocycles. The smallest absolute Gasteiger partial charge is 0.303 e. The average molecular weight is 227 g/mol. The molecule has 1 saturated heterocycles. The van der Waals surface area contributed by atoms with Crippen molar-refractivity contribution < 1.29 is 14.7 Å². The van der Waals surface area contributed by atoms with E-state index in [4.69, 9.17) is 5.11 Å². The molecule has 0 saturated carbocycles. The monoisotopic (exact) mass is 227 g/mol. The van der Waals surface area contributed by atoms with Crippen molar-refractivity contribution >= 4 is 11.9 Å². The second kappa shape index (κ2) is 6.51. The predicted octanol–water partition coefficient (Wildman–Crippen LogP) is 2.03. The fourth-order valence-corrected chi connectivity index (χ4v) is 2.32. The predicted molar refractivity (Wildman–Crippen MR) is 61.1 cm³/mol. The van der Waals surface area contributed by atoms with Gasteiger partial charge in [0.1, 0.15) is 0 Å². The molecule has 1 fully saturated rings. The van der Waals surface area contributed by atoms with Crippen molar-refractivity contribution in [2.45, 2.75) is 57.9 Å². The number of nitrogens with zero attached hydrogens (tertiary/aromatic N) is 1. The first-order valence-corrected chi connectivity index (χ1v) is 6.16. The maximum absolute atomic E-state index is 11.9. The Morgan fingerprint density at radius 2 is 2.06 bits per heavy atom. The lowest BCUT2D eigenvalue weighted by Gasteiger charge is -2.35. The lowest BCUT2D eigenvalue weighted by atomic mass is 9.97. The van der Waals surface area contributed by atoms with Crippen LogP contribution in [0.25, 0.3) is 0 Å². The van der Waals surface area contributed by atoms with E-state index in [1.54, 1.807) is 0 Å². The van der Waals surface area contributed by atoms with Crippen molar-refractivity contribution in [3.8, 4) is 0 Å². The summed E-state index contributed by atoms with van der Waals surface area (Å²) >= 11 is 0. The van der Waals surface area contributed by atoms with E-state index in [1.807, 2.05) is 4.90 Å². The quantitative estimate of drug-likeness (QED) is 0.781. The van der Waals surface area contributed by atoms with Gasteiger partial charge in [-0.15, -0.1) is 0 Å². The van der Waals surface area contributed by atoms with Crippen LogP contribution in [0.4, 0.5) is 0 Å². The largest absolute Gasteiger partial charge is 0.481 e. The topological polar surface area (TPSA) is 57.6 Å². The van der Waals surface area contributed by atoms with Crippen LogP contribution in [-0.4, -0.2) is 34.5 Å². The molecule has 4 heteroatoms. The van der Waals surface area contributed by atoms with Crippen molar-refractivity contribution in [1.29, 1.82) is 0 Å². The second-order valence-electron chi connectivity index (χ2n) is 4.42. The molecule has 1 aliphatic rings.